The Hall–Kier alpha value is -3.16. The molecule has 0 aliphatic carbocycles. The Bertz CT molecular complexity index is 1190. The molecule has 184 valence electrons. The fourth-order valence-electron chi connectivity index (χ4n) is 4.22. The number of nitrogens with one attached hydrogen (secondary N) is 1. The van der Waals surface area contributed by atoms with Crippen LogP contribution in [-0.4, -0.2) is 59.9 Å². The number of aromatic nitrogens is 2. The molecule has 1 aliphatic heterocycles. The second kappa shape index (κ2) is 11.5. The highest BCUT2D eigenvalue weighted by Gasteiger charge is 2.22. The number of hydrogen-bond donors (Lipinski definition) is 1. The van der Waals surface area contributed by atoms with Crippen LogP contribution in [0, 0.1) is 0 Å². The van der Waals surface area contributed by atoms with E-state index in [9.17, 15) is 9.59 Å². The van der Waals surface area contributed by atoms with Gasteiger partial charge >= 0.3 is 0 Å². The molecule has 35 heavy (non-hydrogen) atoms. The van der Waals surface area contributed by atoms with E-state index >= 15 is 0 Å². The highest BCUT2D eigenvalue weighted by atomic mass is 35.5. The summed E-state index contributed by atoms with van der Waals surface area (Å²) in [4.78, 5) is 29.4. The topological polar surface area (TPSA) is 70.5 Å². The molecule has 1 amide bonds. The molecule has 0 spiro atoms. The molecule has 1 N–H and O–H groups in total. The smallest absolute Gasteiger partial charge is 0.292 e. The van der Waals surface area contributed by atoms with Gasteiger partial charge in [0, 0.05) is 32.7 Å². The van der Waals surface area contributed by atoms with Crippen molar-refractivity contribution in [3.63, 3.8) is 0 Å². The standard InChI is InChI=1S/C27H32ClN5O2/c1-20(2)22-10-8-21(9-11-22)12-13-29-25(34)19-31-14-16-32(17-15-31)24-18-30-33(27(35)26(24)28)23-6-4-3-5-7-23/h3-11,18,20H,12-17,19H2,1-2H3,(H,29,34). The molecule has 2 heterocycles. The Balaban J connectivity index is 1.25. The van der Waals surface area contributed by atoms with E-state index in [1.165, 1.54) is 15.8 Å². The Morgan fingerprint density at radius 2 is 1.71 bits per heavy atom. The lowest BCUT2D eigenvalue weighted by atomic mass is 10.0. The first kappa shape index (κ1) is 24.9. The first-order valence-corrected chi connectivity index (χ1v) is 12.5. The number of hydrogen-bond acceptors (Lipinski definition) is 5. The summed E-state index contributed by atoms with van der Waals surface area (Å²) in [6.45, 7) is 8.12. The number of halogens is 1. The van der Waals surface area contributed by atoms with Crippen molar-refractivity contribution in [2.75, 3.05) is 44.2 Å². The molecule has 0 saturated carbocycles. The fraction of sp³-hybridized carbons (Fsp3) is 0.370. The molecular weight excluding hydrogens is 462 g/mol. The van der Waals surface area contributed by atoms with Crippen LogP contribution in [0.5, 0.6) is 0 Å². The minimum absolute atomic E-state index is 0.0300. The van der Waals surface area contributed by atoms with Crippen LogP contribution in [0.4, 0.5) is 5.69 Å². The number of anilines is 1. The van der Waals surface area contributed by atoms with Gasteiger partial charge in [-0.1, -0.05) is 67.9 Å². The zero-order chi connectivity index (χ0) is 24.8. The largest absolute Gasteiger partial charge is 0.366 e. The molecule has 8 heteroatoms. The lowest BCUT2D eigenvalue weighted by Crippen LogP contribution is -2.50. The zero-order valence-corrected chi connectivity index (χ0v) is 21.0. The number of rotatable bonds is 8. The molecule has 0 unspecified atom stereocenters. The Kier molecular flexibility index (Phi) is 8.21. The lowest BCUT2D eigenvalue weighted by Gasteiger charge is -2.35. The molecule has 2 aromatic carbocycles. The number of amides is 1. The average molecular weight is 494 g/mol. The van der Waals surface area contributed by atoms with Crippen LogP contribution in [0.3, 0.4) is 0 Å². The fourth-order valence-corrected chi connectivity index (χ4v) is 4.47. The van der Waals surface area contributed by atoms with Gasteiger partial charge in [-0.05, 0) is 35.6 Å². The molecule has 1 fully saturated rings. The van der Waals surface area contributed by atoms with Crippen LogP contribution in [0.25, 0.3) is 5.69 Å². The molecule has 4 rings (SSSR count). The summed E-state index contributed by atoms with van der Waals surface area (Å²) in [6, 6.07) is 17.8. The third kappa shape index (κ3) is 6.29. The predicted octanol–water partition coefficient (Wildman–Crippen LogP) is 3.49. The summed E-state index contributed by atoms with van der Waals surface area (Å²) < 4.78 is 1.31. The summed E-state index contributed by atoms with van der Waals surface area (Å²) in [5.41, 5.74) is 3.52. The van der Waals surface area contributed by atoms with Gasteiger partial charge in [-0.2, -0.15) is 9.78 Å². The van der Waals surface area contributed by atoms with E-state index in [4.69, 9.17) is 11.6 Å². The van der Waals surface area contributed by atoms with Gasteiger partial charge in [0.15, 0.2) is 0 Å². The van der Waals surface area contributed by atoms with Crippen LogP contribution < -0.4 is 15.8 Å². The molecule has 3 aromatic rings. The second-order valence-corrected chi connectivity index (χ2v) is 9.53. The van der Waals surface area contributed by atoms with Gasteiger partial charge in [0.1, 0.15) is 5.02 Å². The van der Waals surface area contributed by atoms with Crippen molar-refractivity contribution in [1.29, 1.82) is 0 Å². The molecular formula is C27H32ClN5O2. The number of piperazine rings is 1. The first-order valence-electron chi connectivity index (χ1n) is 12.1. The van der Waals surface area contributed by atoms with Gasteiger partial charge in [-0.3, -0.25) is 14.5 Å². The maximum absolute atomic E-state index is 12.8. The monoisotopic (exact) mass is 493 g/mol. The normalized spacial score (nSPS) is 14.3. The number of carbonyl (C=O) groups is 1. The van der Waals surface area contributed by atoms with Gasteiger partial charge in [0.25, 0.3) is 5.56 Å². The van der Waals surface area contributed by atoms with Crippen LogP contribution >= 0.6 is 11.6 Å². The van der Waals surface area contributed by atoms with E-state index in [0.717, 1.165) is 6.42 Å². The minimum Gasteiger partial charge on any atom is -0.366 e. The van der Waals surface area contributed by atoms with Crippen molar-refractivity contribution in [2.45, 2.75) is 26.2 Å². The van der Waals surface area contributed by atoms with Crippen LogP contribution in [0.1, 0.15) is 30.9 Å². The molecule has 0 radical (unpaired) electrons. The minimum atomic E-state index is -0.337. The Morgan fingerprint density at radius 3 is 2.37 bits per heavy atom. The lowest BCUT2D eigenvalue weighted by molar-refractivity contribution is -0.122. The van der Waals surface area contributed by atoms with E-state index in [1.807, 2.05) is 30.3 Å². The van der Waals surface area contributed by atoms with Crippen molar-refractivity contribution in [1.82, 2.24) is 20.0 Å². The van der Waals surface area contributed by atoms with Gasteiger partial charge in [0.2, 0.25) is 5.91 Å². The zero-order valence-electron chi connectivity index (χ0n) is 20.3. The third-order valence-corrected chi connectivity index (χ3v) is 6.72. The molecule has 1 saturated heterocycles. The molecule has 0 bridgehead atoms. The van der Waals surface area contributed by atoms with Gasteiger partial charge in [-0.15, -0.1) is 0 Å². The maximum atomic E-state index is 12.8. The van der Waals surface area contributed by atoms with Crippen molar-refractivity contribution in [3.8, 4) is 5.69 Å². The molecule has 1 aromatic heterocycles. The van der Waals surface area contributed by atoms with Crippen LogP contribution in [0.2, 0.25) is 5.02 Å². The van der Waals surface area contributed by atoms with Gasteiger partial charge in [0.05, 0.1) is 24.1 Å². The van der Waals surface area contributed by atoms with Crippen molar-refractivity contribution < 1.29 is 4.79 Å². The number of para-hydroxylation sites is 1. The molecule has 0 atom stereocenters. The van der Waals surface area contributed by atoms with Crippen molar-refractivity contribution in [3.05, 3.63) is 87.3 Å². The number of nitrogens with zero attached hydrogens (tertiary/aromatic N) is 4. The van der Waals surface area contributed by atoms with Crippen molar-refractivity contribution in [2.24, 2.45) is 0 Å². The summed E-state index contributed by atoms with van der Waals surface area (Å²) in [6.07, 6.45) is 2.46. The second-order valence-electron chi connectivity index (χ2n) is 9.16. The number of benzene rings is 2. The third-order valence-electron chi connectivity index (χ3n) is 6.36. The van der Waals surface area contributed by atoms with Crippen LogP contribution in [0.15, 0.2) is 65.6 Å². The summed E-state index contributed by atoms with van der Waals surface area (Å²) in [5, 5.41) is 7.52. The van der Waals surface area contributed by atoms with Crippen LogP contribution in [-0.2, 0) is 11.2 Å². The highest BCUT2D eigenvalue weighted by molar-refractivity contribution is 6.33. The molecule has 1 aliphatic rings. The Morgan fingerprint density at radius 1 is 1.03 bits per heavy atom. The summed E-state index contributed by atoms with van der Waals surface area (Å²) in [7, 11) is 0. The van der Waals surface area contributed by atoms with Gasteiger partial charge in [-0.25, -0.2) is 0 Å². The predicted molar refractivity (Wildman–Crippen MR) is 141 cm³/mol. The highest BCUT2D eigenvalue weighted by Crippen LogP contribution is 2.23. The quantitative estimate of drug-likeness (QED) is 0.520. The summed E-state index contributed by atoms with van der Waals surface area (Å²) >= 11 is 6.44. The average Bonchev–Trinajstić information content (AvgIpc) is 2.87. The molecule has 7 nitrogen and oxygen atoms in total. The number of carbonyl (C=O) groups excluding carboxylic acids is 1. The Labute approximate surface area is 211 Å². The van der Waals surface area contributed by atoms with E-state index < -0.39 is 0 Å². The van der Waals surface area contributed by atoms with E-state index in [0.29, 0.717) is 56.6 Å². The van der Waals surface area contributed by atoms with Crippen molar-refractivity contribution >= 4 is 23.2 Å². The maximum Gasteiger partial charge on any atom is 0.292 e. The SMILES string of the molecule is CC(C)c1ccc(CCNC(=O)CN2CCN(c3cnn(-c4ccccc4)c(=O)c3Cl)CC2)cc1. The first-order chi connectivity index (χ1) is 16.9. The van der Waals surface area contributed by atoms with E-state index in [-0.39, 0.29) is 16.5 Å². The van der Waals surface area contributed by atoms with Gasteiger partial charge < -0.3 is 10.2 Å². The van der Waals surface area contributed by atoms with E-state index in [1.54, 1.807) is 6.20 Å². The summed E-state index contributed by atoms with van der Waals surface area (Å²) in [5.74, 6) is 0.550. The van der Waals surface area contributed by atoms with E-state index in [2.05, 4.69) is 58.3 Å².